The Balaban J connectivity index is 2.31. The summed E-state index contributed by atoms with van der Waals surface area (Å²) >= 11 is 0. The van der Waals surface area contributed by atoms with Gasteiger partial charge in [0, 0.05) is 16.9 Å². The first-order chi connectivity index (χ1) is 9.49. The first kappa shape index (κ1) is 13.9. The van der Waals surface area contributed by atoms with Crippen molar-refractivity contribution in [3.05, 3.63) is 59.4 Å². The van der Waals surface area contributed by atoms with E-state index in [-0.39, 0.29) is 17.4 Å². The summed E-state index contributed by atoms with van der Waals surface area (Å²) in [7, 11) is 0. The predicted molar refractivity (Wildman–Crippen MR) is 76.3 cm³/mol. The van der Waals surface area contributed by atoms with Gasteiger partial charge in [0.1, 0.15) is 5.82 Å². The minimum atomic E-state index is -1.08. The molecule has 4 nitrogen and oxygen atoms in total. The smallest absolute Gasteiger partial charge is 0.337 e. The zero-order valence-corrected chi connectivity index (χ0v) is 10.9. The highest BCUT2D eigenvalue weighted by Crippen LogP contribution is 2.25. The fraction of sp³-hybridized carbons (Fsp3) is 0.133. The van der Waals surface area contributed by atoms with E-state index in [4.69, 9.17) is 10.8 Å². The molecule has 0 fully saturated rings. The normalized spacial score (nSPS) is 11.9. The number of rotatable bonds is 4. The van der Waals surface area contributed by atoms with Gasteiger partial charge in [0.2, 0.25) is 0 Å². The summed E-state index contributed by atoms with van der Waals surface area (Å²) in [5.74, 6) is -1.42. The third kappa shape index (κ3) is 2.88. The van der Waals surface area contributed by atoms with Crippen LogP contribution in [0.2, 0.25) is 0 Å². The third-order valence-electron chi connectivity index (χ3n) is 3.02. The Hall–Kier alpha value is -2.56. The number of nitrogens with one attached hydrogen (secondary N) is 1. The zero-order chi connectivity index (χ0) is 14.7. The van der Waals surface area contributed by atoms with Crippen LogP contribution in [0, 0.1) is 5.82 Å². The topological polar surface area (TPSA) is 75.3 Å². The van der Waals surface area contributed by atoms with E-state index >= 15 is 0 Å². The van der Waals surface area contributed by atoms with Crippen LogP contribution in [0.1, 0.15) is 28.9 Å². The van der Waals surface area contributed by atoms with Crippen LogP contribution in [0.25, 0.3) is 0 Å². The van der Waals surface area contributed by atoms with Crippen LogP contribution in [0.4, 0.5) is 15.8 Å². The maximum Gasteiger partial charge on any atom is 0.337 e. The summed E-state index contributed by atoms with van der Waals surface area (Å²) in [5, 5.41) is 12.2. The number of carbonyl (C=O) groups is 1. The van der Waals surface area contributed by atoms with E-state index in [1.165, 1.54) is 12.1 Å². The highest BCUT2D eigenvalue weighted by molar-refractivity contribution is 5.95. The molecule has 104 valence electrons. The van der Waals surface area contributed by atoms with Gasteiger partial charge in [-0.15, -0.1) is 0 Å². The molecule has 0 spiro atoms. The van der Waals surface area contributed by atoms with Gasteiger partial charge in [-0.2, -0.15) is 0 Å². The van der Waals surface area contributed by atoms with E-state index in [1.807, 2.05) is 0 Å². The average molecular weight is 274 g/mol. The molecule has 2 aromatic rings. The Morgan fingerprint density at radius 3 is 2.65 bits per heavy atom. The van der Waals surface area contributed by atoms with E-state index in [0.717, 1.165) is 0 Å². The molecule has 0 aromatic heterocycles. The summed E-state index contributed by atoms with van der Waals surface area (Å²) < 4.78 is 13.7. The lowest BCUT2D eigenvalue weighted by molar-refractivity contribution is 0.0698. The molecular formula is C15H15FN2O2. The summed E-state index contributed by atoms with van der Waals surface area (Å²) in [6.45, 7) is 1.76. The SMILES string of the molecule is CC(Nc1ccc(N)cc1C(=O)O)c1ccccc1F. The van der Waals surface area contributed by atoms with Crippen LogP contribution >= 0.6 is 0 Å². The lowest BCUT2D eigenvalue weighted by Gasteiger charge is -2.18. The van der Waals surface area contributed by atoms with Crippen LogP contribution in [-0.4, -0.2) is 11.1 Å². The number of hydrogen-bond donors (Lipinski definition) is 3. The number of hydrogen-bond acceptors (Lipinski definition) is 3. The summed E-state index contributed by atoms with van der Waals surface area (Å²) in [6.07, 6.45) is 0. The van der Waals surface area contributed by atoms with Gasteiger partial charge in [0.05, 0.1) is 11.6 Å². The van der Waals surface area contributed by atoms with Crippen molar-refractivity contribution in [3.63, 3.8) is 0 Å². The van der Waals surface area contributed by atoms with Crippen LogP contribution < -0.4 is 11.1 Å². The summed E-state index contributed by atoms with van der Waals surface area (Å²) in [5.41, 5.74) is 6.89. The number of aromatic carboxylic acids is 1. The zero-order valence-electron chi connectivity index (χ0n) is 10.9. The lowest BCUT2D eigenvalue weighted by Crippen LogP contribution is -2.12. The van der Waals surface area contributed by atoms with E-state index in [0.29, 0.717) is 16.9 Å². The monoisotopic (exact) mass is 274 g/mol. The Morgan fingerprint density at radius 2 is 2.00 bits per heavy atom. The molecule has 4 N–H and O–H groups in total. The molecular weight excluding hydrogens is 259 g/mol. The minimum absolute atomic E-state index is 0.0631. The quantitative estimate of drug-likeness (QED) is 0.748. The number of nitrogens with two attached hydrogens (primary N) is 1. The standard InChI is InChI=1S/C15H15FN2O2/c1-9(11-4-2-3-5-13(11)16)18-14-7-6-10(17)8-12(14)15(19)20/h2-9,18H,17H2,1H3,(H,19,20). The van der Waals surface area contributed by atoms with Crippen LogP contribution in [-0.2, 0) is 0 Å². The molecule has 1 atom stereocenters. The first-order valence-corrected chi connectivity index (χ1v) is 6.13. The average Bonchev–Trinajstić information content (AvgIpc) is 2.41. The highest BCUT2D eigenvalue weighted by atomic mass is 19.1. The number of nitrogen functional groups attached to an aromatic ring is 1. The lowest BCUT2D eigenvalue weighted by atomic mass is 10.1. The number of carboxylic acids is 1. The van der Waals surface area contributed by atoms with Crippen LogP contribution in [0.3, 0.4) is 0 Å². The Morgan fingerprint density at radius 1 is 1.30 bits per heavy atom. The Labute approximate surface area is 116 Å². The molecule has 0 saturated heterocycles. The van der Waals surface area contributed by atoms with Crippen molar-refractivity contribution in [3.8, 4) is 0 Å². The molecule has 0 heterocycles. The minimum Gasteiger partial charge on any atom is -0.478 e. The third-order valence-corrected chi connectivity index (χ3v) is 3.02. The largest absolute Gasteiger partial charge is 0.478 e. The molecule has 20 heavy (non-hydrogen) atoms. The molecule has 0 saturated carbocycles. The molecule has 0 amide bonds. The fourth-order valence-electron chi connectivity index (χ4n) is 2.00. The molecule has 0 aliphatic rings. The molecule has 5 heteroatoms. The van der Waals surface area contributed by atoms with Gasteiger partial charge >= 0.3 is 5.97 Å². The number of carboxylic acid groups (broad SMARTS) is 1. The van der Waals surface area contributed by atoms with Gasteiger partial charge < -0.3 is 16.2 Å². The van der Waals surface area contributed by atoms with E-state index in [2.05, 4.69) is 5.32 Å². The van der Waals surface area contributed by atoms with Crippen molar-refractivity contribution in [2.45, 2.75) is 13.0 Å². The highest BCUT2D eigenvalue weighted by Gasteiger charge is 2.15. The summed E-state index contributed by atoms with van der Waals surface area (Å²) in [4.78, 5) is 11.2. The Bertz CT molecular complexity index is 644. The molecule has 0 aliphatic carbocycles. The van der Waals surface area contributed by atoms with Gasteiger partial charge in [-0.25, -0.2) is 9.18 Å². The van der Waals surface area contributed by atoms with Gasteiger partial charge in [-0.3, -0.25) is 0 Å². The maximum absolute atomic E-state index is 13.7. The predicted octanol–water partition coefficient (Wildman–Crippen LogP) is 3.28. The number of halogens is 1. The van der Waals surface area contributed by atoms with Gasteiger partial charge in [0.15, 0.2) is 0 Å². The molecule has 1 unspecified atom stereocenters. The second kappa shape index (κ2) is 5.61. The van der Waals surface area contributed by atoms with E-state index in [1.54, 1.807) is 37.3 Å². The number of benzene rings is 2. The van der Waals surface area contributed by atoms with E-state index < -0.39 is 5.97 Å². The van der Waals surface area contributed by atoms with Crippen LogP contribution in [0.15, 0.2) is 42.5 Å². The molecule has 2 rings (SSSR count). The van der Waals surface area contributed by atoms with Crippen molar-refractivity contribution in [2.24, 2.45) is 0 Å². The Kier molecular flexibility index (Phi) is 3.89. The van der Waals surface area contributed by atoms with Gasteiger partial charge in [-0.1, -0.05) is 18.2 Å². The number of anilines is 2. The first-order valence-electron chi connectivity index (χ1n) is 6.13. The van der Waals surface area contributed by atoms with Crippen molar-refractivity contribution in [1.29, 1.82) is 0 Å². The van der Waals surface area contributed by atoms with Crippen molar-refractivity contribution in [2.75, 3.05) is 11.1 Å². The van der Waals surface area contributed by atoms with Gasteiger partial charge in [-0.05, 0) is 31.2 Å². The molecule has 0 aliphatic heterocycles. The van der Waals surface area contributed by atoms with Crippen LogP contribution in [0.5, 0.6) is 0 Å². The van der Waals surface area contributed by atoms with Gasteiger partial charge in [0.25, 0.3) is 0 Å². The second-order valence-electron chi connectivity index (χ2n) is 4.50. The summed E-state index contributed by atoms with van der Waals surface area (Å²) in [6, 6.07) is 10.6. The van der Waals surface area contributed by atoms with Crippen molar-refractivity contribution >= 4 is 17.3 Å². The van der Waals surface area contributed by atoms with Crippen molar-refractivity contribution < 1.29 is 14.3 Å². The van der Waals surface area contributed by atoms with E-state index in [9.17, 15) is 9.18 Å². The molecule has 0 bridgehead atoms. The maximum atomic E-state index is 13.7. The molecule has 0 radical (unpaired) electrons. The molecule has 2 aromatic carbocycles. The fourth-order valence-corrected chi connectivity index (χ4v) is 2.00. The van der Waals surface area contributed by atoms with Crippen molar-refractivity contribution in [1.82, 2.24) is 0 Å². The second-order valence-corrected chi connectivity index (χ2v) is 4.50.